The van der Waals surface area contributed by atoms with Crippen LogP contribution in [0.4, 0.5) is 0 Å². The van der Waals surface area contributed by atoms with Crippen molar-refractivity contribution in [3.05, 3.63) is 47.7 Å². The number of aromatic nitrogens is 1. The van der Waals surface area contributed by atoms with Gasteiger partial charge in [-0.05, 0) is 19.4 Å². The van der Waals surface area contributed by atoms with Crippen molar-refractivity contribution in [1.82, 2.24) is 4.98 Å². The molecule has 0 saturated heterocycles. The number of ketones is 1. The molecule has 3 rings (SSSR count). The molecule has 0 bridgehead atoms. The fraction of sp³-hybridized carbons (Fsp3) is 0.211. The molecule has 0 atom stereocenters. The summed E-state index contributed by atoms with van der Waals surface area (Å²) in [6, 6.07) is 11.8. The predicted molar refractivity (Wildman–Crippen MR) is 91.6 cm³/mol. The number of Topliss-reactive ketones (excluding diaryl/α,β-unsaturated/α-hetero) is 1. The van der Waals surface area contributed by atoms with Crippen molar-refractivity contribution in [3.63, 3.8) is 0 Å². The van der Waals surface area contributed by atoms with Crippen molar-refractivity contribution in [2.45, 2.75) is 13.8 Å². The zero-order valence-corrected chi connectivity index (χ0v) is 13.7. The molecule has 4 nitrogen and oxygen atoms in total. The number of methoxy groups -OCH3 is 2. The minimum absolute atomic E-state index is 0.0460. The van der Waals surface area contributed by atoms with Gasteiger partial charge in [0.15, 0.2) is 5.78 Å². The van der Waals surface area contributed by atoms with Crippen LogP contribution in [0, 0.1) is 6.92 Å². The lowest BCUT2D eigenvalue weighted by Gasteiger charge is -2.12. The molecule has 0 aliphatic rings. The monoisotopic (exact) mass is 309 g/mol. The minimum Gasteiger partial charge on any atom is -0.496 e. The second-order valence-electron chi connectivity index (χ2n) is 5.45. The molecule has 1 N–H and O–H groups in total. The number of ether oxygens (including phenoxy) is 2. The van der Waals surface area contributed by atoms with E-state index in [1.165, 1.54) is 0 Å². The van der Waals surface area contributed by atoms with Crippen molar-refractivity contribution >= 4 is 16.7 Å². The first-order chi connectivity index (χ1) is 11.1. The molecule has 1 aromatic heterocycles. The van der Waals surface area contributed by atoms with Crippen LogP contribution in [0.5, 0.6) is 11.5 Å². The van der Waals surface area contributed by atoms with E-state index in [1.54, 1.807) is 27.2 Å². The van der Waals surface area contributed by atoms with Gasteiger partial charge < -0.3 is 14.5 Å². The van der Waals surface area contributed by atoms with Crippen molar-refractivity contribution in [2.24, 2.45) is 0 Å². The molecule has 2 aromatic carbocycles. The van der Waals surface area contributed by atoms with Gasteiger partial charge in [0.2, 0.25) is 0 Å². The summed E-state index contributed by atoms with van der Waals surface area (Å²) in [6.45, 7) is 3.54. The molecule has 0 spiro atoms. The lowest BCUT2D eigenvalue weighted by molar-refractivity contribution is 0.101. The van der Waals surface area contributed by atoms with E-state index in [2.05, 4.69) is 4.98 Å². The number of fused-ring (bicyclic) bond motifs is 1. The van der Waals surface area contributed by atoms with E-state index in [0.717, 1.165) is 27.7 Å². The number of carbonyl (C=O) groups is 1. The van der Waals surface area contributed by atoms with Crippen LogP contribution in [-0.2, 0) is 0 Å². The summed E-state index contributed by atoms with van der Waals surface area (Å²) in [5.74, 6) is 1.16. The highest BCUT2D eigenvalue weighted by atomic mass is 16.5. The lowest BCUT2D eigenvalue weighted by atomic mass is 9.98. The molecule has 0 radical (unpaired) electrons. The molecular weight excluding hydrogens is 290 g/mol. The lowest BCUT2D eigenvalue weighted by Crippen LogP contribution is -2.00. The second kappa shape index (κ2) is 5.80. The van der Waals surface area contributed by atoms with E-state index < -0.39 is 0 Å². The summed E-state index contributed by atoms with van der Waals surface area (Å²) in [6.07, 6.45) is 0. The first-order valence-corrected chi connectivity index (χ1v) is 7.42. The topological polar surface area (TPSA) is 51.3 Å². The largest absolute Gasteiger partial charge is 0.496 e. The molecule has 4 heteroatoms. The minimum atomic E-state index is -0.0460. The van der Waals surface area contributed by atoms with Crippen LogP contribution in [-0.4, -0.2) is 25.0 Å². The van der Waals surface area contributed by atoms with Gasteiger partial charge in [-0.1, -0.05) is 30.3 Å². The Kier molecular flexibility index (Phi) is 3.82. The fourth-order valence-corrected chi connectivity index (χ4v) is 3.08. The standard InChI is InChI=1S/C19H19NO3/c1-11-16(13-8-6-5-7-9-13)18-15(23-4)10-14(22-3)17(12(2)21)19(18)20-11/h5-10,20H,1-4H3. The third kappa shape index (κ3) is 2.36. The van der Waals surface area contributed by atoms with E-state index in [-0.39, 0.29) is 5.78 Å². The summed E-state index contributed by atoms with van der Waals surface area (Å²) in [4.78, 5) is 15.5. The zero-order chi connectivity index (χ0) is 16.6. The average Bonchev–Trinajstić information content (AvgIpc) is 2.90. The van der Waals surface area contributed by atoms with Gasteiger partial charge in [0.05, 0.1) is 30.7 Å². The molecule has 23 heavy (non-hydrogen) atoms. The highest BCUT2D eigenvalue weighted by Crippen LogP contribution is 2.43. The van der Waals surface area contributed by atoms with E-state index in [4.69, 9.17) is 9.47 Å². The maximum atomic E-state index is 12.2. The molecule has 0 amide bonds. The molecule has 0 unspecified atom stereocenters. The number of aromatic amines is 1. The van der Waals surface area contributed by atoms with Crippen molar-refractivity contribution in [3.8, 4) is 22.6 Å². The number of benzene rings is 2. The van der Waals surface area contributed by atoms with Crippen LogP contribution in [0.25, 0.3) is 22.0 Å². The number of H-pyrrole nitrogens is 1. The Bertz CT molecular complexity index is 879. The molecule has 0 aliphatic heterocycles. The smallest absolute Gasteiger partial charge is 0.165 e. The first-order valence-electron chi connectivity index (χ1n) is 7.42. The van der Waals surface area contributed by atoms with Gasteiger partial charge in [-0.2, -0.15) is 0 Å². The summed E-state index contributed by atoms with van der Waals surface area (Å²) >= 11 is 0. The van der Waals surface area contributed by atoms with E-state index in [0.29, 0.717) is 17.1 Å². The Morgan fingerprint density at radius 1 is 1.04 bits per heavy atom. The highest BCUT2D eigenvalue weighted by molar-refractivity contribution is 6.14. The van der Waals surface area contributed by atoms with Crippen molar-refractivity contribution in [1.29, 1.82) is 0 Å². The summed E-state index contributed by atoms with van der Waals surface area (Å²) in [7, 11) is 3.18. The van der Waals surface area contributed by atoms with Crippen LogP contribution in [0.15, 0.2) is 36.4 Å². The summed E-state index contributed by atoms with van der Waals surface area (Å²) in [5, 5.41) is 0.905. The molecule has 0 aliphatic carbocycles. The third-order valence-corrected chi connectivity index (χ3v) is 4.05. The Hall–Kier alpha value is -2.75. The molecular formula is C19H19NO3. The summed E-state index contributed by atoms with van der Waals surface area (Å²) in [5.41, 5.74) is 4.41. The zero-order valence-electron chi connectivity index (χ0n) is 13.7. The van der Waals surface area contributed by atoms with Crippen LogP contribution >= 0.6 is 0 Å². The Balaban J connectivity index is 2.47. The predicted octanol–water partition coefficient (Wildman–Crippen LogP) is 4.36. The Morgan fingerprint density at radius 3 is 2.26 bits per heavy atom. The number of carbonyl (C=O) groups excluding carboxylic acids is 1. The van der Waals surface area contributed by atoms with Gasteiger partial charge in [-0.3, -0.25) is 4.79 Å². The molecule has 118 valence electrons. The van der Waals surface area contributed by atoms with E-state index in [1.807, 2.05) is 37.3 Å². The van der Waals surface area contributed by atoms with Gasteiger partial charge in [-0.25, -0.2) is 0 Å². The van der Waals surface area contributed by atoms with Crippen LogP contribution in [0.3, 0.4) is 0 Å². The molecule has 3 aromatic rings. The summed E-state index contributed by atoms with van der Waals surface area (Å²) < 4.78 is 11.0. The molecule has 0 saturated carbocycles. The molecule has 0 fully saturated rings. The first kappa shape index (κ1) is 15.2. The maximum Gasteiger partial charge on any atom is 0.165 e. The van der Waals surface area contributed by atoms with Gasteiger partial charge in [-0.15, -0.1) is 0 Å². The van der Waals surface area contributed by atoms with Gasteiger partial charge >= 0.3 is 0 Å². The SMILES string of the molecule is COc1cc(OC)c2c(-c3ccccc3)c(C)[nH]c2c1C(C)=O. The fourth-order valence-electron chi connectivity index (χ4n) is 3.08. The number of hydrogen-bond acceptors (Lipinski definition) is 3. The van der Waals surface area contributed by atoms with Gasteiger partial charge in [0.1, 0.15) is 11.5 Å². The number of nitrogens with one attached hydrogen (secondary N) is 1. The Morgan fingerprint density at radius 2 is 1.70 bits per heavy atom. The average molecular weight is 309 g/mol. The second-order valence-corrected chi connectivity index (χ2v) is 5.45. The van der Waals surface area contributed by atoms with Gasteiger partial charge in [0, 0.05) is 17.3 Å². The van der Waals surface area contributed by atoms with Gasteiger partial charge in [0.25, 0.3) is 0 Å². The van der Waals surface area contributed by atoms with Crippen LogP contribution < -0.4 is 9.47 Å². The highest BCUT2D eigenvalue weighted by Gasteiger charge is 2.23. The van der Waals surface area contributed by atoms with Crippen LogP contribution in [0.2, 0.25) is 0 Å². The number of hydrogen-bond donors (Lipinski definition) is 1. The van der Waals surface area contributed by atoms with Crippen LogP contribution in [0.1, 0.15) is 23.0 Å². The quantitative estimate of drug-likeness (QED) is 0.728. The van der Waals surface area contributed by atoms with E-state index >= 15 is 0 Å². The third-order valence-electron chi connectivity index (χ3n) is 4.05. The maximum absolute atomic E-state index is 12.2. The Labute approximate surface area is 135 Å². The normalized spacial score (nSPS) is 10.8. The number of rotatable bonds is 4. The number of aryl methyl sites for hydroxylation is 1. The van der Waals surface area contributed by atoms with Crippen molar-refractivity contribution < 1.29 is 14.3 Å². The van der Waals surface area contributed by atoms with E-state index in [9.17, 15) is 4.79 Å². The van der Waals surface area contributed by atoms with Crippen molar-refractivity contribution in [2.75, 3.05) is 14.2 Å². The molecule has 1 heterocycles.